The first-order valence-corrected chi connectivity index (χ1v) is 8.67. The minimum absolute atomic E-state index is 0.144. The van der Waals surface area contributed by atoms with Crippen molar-refractivity contribution in [3.63, 3.8) is 0 Å². The maximum absolute atomic E-state index is 13.6. The van der Waals surface area contributed by atoms with E-state index in [-0.39, 0.29) is 6.61 Å². The molecule has 0 aliphatic rings. The molecule has 0 aliphatic heterocycles. The van der Waals surface area contributed by atoms with Crippen LogP contribution in [-0.2, 0) is 14.3 Å². The van der Waals surface area contributed by atoms with E-state index in [0.717, 1.165) is 24.3 Å². The zero-order chi connectivity index (χ0) is 22.1. The van der Waals surface area contributed by atoms with E-state index >= 15 is 0 Å². The van der Waals surface area contributed by atoms with Crippen molar-refractivity contribution in [1.82, 2.24) is 0 Å². The highest BCUT2D eigenvalue weighted by atomic mass is 19.1. The number of ether oxygens (including phenoxy) is 3. The minimum Gasteiger partial charge on any atom is -0.493 e. The van der Waals surface area contributed by atoms with Crippen molar-refractivity contribution in [2.45, 2.75) is 13.0 Å². The molecule has 0 spiro atoms. The number of benzene rings is 2. The number of nitrogens with one attached hydrogen (secondary N) is 1. The number of halogens is 2. The average molecular weight is 416 g/mol. The molecule has 0 aromatic heterocycles. The first kappa shape index (κ1) is 22.4. The number of carbonyl (C=O) groups excluding carboxylic acids is 2. The van der Waals surface area contributed by atoms with Crippen molar-refractivity contribution >= 4 is 23.6 Å². The smallest absolute Gasteiger partial charge is 0.331 e. The number of esters is 1. The molecule has 0 bridgehead atoms. The second-order valence-electron chi connectivity index (χ2n) is 5.86. The van der Waals surface area contributed by atoms with Crippen molar-refractivity contribution in [2.75, 3.05) is 19.0 Å². The molecule has 0 saturated heterocycles. The number of hydrogen-bond donors (Lipinski definition) is 1. The number of amides is 1. The van der Waals surface area contributed by atoms with Gasteiger partial charge in [-0.15, -0.1) is 0 Å². The van der Waals surface area contributed by atoms with Gasteiger partial charge in [-0.1, -0.05) is 12.1 Å². The maximum atomic E-state index is 13.6. The number of hydrogen-bond acceptors (Lipinski definition) is 6. The molecule has 0 radical (unpaired) electrons. The Bertz CT molecular complexity index is 981. The Morgan fingerprint density at radius 3 is 2.53 bits per heavy atom. The van der Waals surface area contributed by atoms with Gasteiger partial charge < -0.3 is 19.5 Å². The van der Waals surface area contributed by atoms with Crippen LogP contribution in [0.2, 0.25) is 0 Å². The van der Waals surface area contributed by atoms with Gasteiger partial charge in [-0.2, -0.15) is 5.26 Å². The predicted octanol–water partition coefficient (Wildman–Crippen LogP) is 3.46. The fourth-order valence-electron chi connectivity index (χ4n) is 2.29. The fraction of sp³-hybridized carbons (Fsp3) is 0.190. The number of para-hydroxylation sites is 1. The molecular formula is C21H18F2N2O5. The number of anilines is 1. The van der Waals surface area contributed by atoms with Crippen molar-refractivity contribution in [3.05, 3.63) is 59.7 Å². The van der Waals surface area contributed by atoms with Crippen LogP contribution >= 0.6 is 0 Å². The fourth-order valence-corrected chi connectivity index (χ4v) is 2.29. The zero-order valence-corrected chi connectivity index (χ0v) is 16.1. The van der Waals surface area contributed by atoms with E-state index in [1.54, 1.807) is 18.2 Å². The van der Waals surface area contributed by atoms with Crippen LogP contribution in [-0.4, -0.2) is 31.7 Å². The van der Waals surface area contributed by atoms with Crippen LogP contribution in [0, 0.1) is 23.0 Å². The molecule has 1 amide bonds. The summed E-state index contributed by atoms with van der Waals surface area (Å²) in [6.07, 6.45) is 1.20. The van der Waals surface area contributed by atoms with Gasteiger partial charge in [0, 0.05) is 6.08 Å². The predicted molar refractivity (Wildman–Crippen MR) is 104 cm³/mol. The van der Waals surface area contributed by atoms with Gasteiger partial charge in [-0.05, 0) is 42.8 Å². The van der Waals surface area contributed by atoms with Gasteiger partial charge in [-0.25, -0.2) is 13.6 Å². The molecule has 0 heterocycles. The Labute approximate surface area is 171 Å². The molecule has 30 heavy (non-hydrogen) atoms. The number of nitrogens with zero attached hydrogens (tertiary/aromatic N) is 1. The molecule has 9 heteroatoms. The van der Waals surface area contributed by atoms with Crippen LogP contribution in [0.5, 0.6) is 11.5 Å². The molecule has 2 rings (SSSR count). The molecule has 156 valence electrons. The number of nitriles is 1. The van der Waals surface area contributed by atoms with Crippen LogP contribution in [0.1, 0.15) is 12.5 Å². The summed E-state index contributed by atoms with van der Waals surface area (Å²) in [4.78, 5) is 24.0. The van der Waals surface area contributed by atoms with E-state index in [4.69, 9.17) is 19.5 Å². The van der Waals surface area contributed by atoms with Gasteiger partial charge in [0.05, 0.1) is 7.11 Å². The highest BCUT2D eigenvalue weighted by Gasteiger charge is 2.20. The van der Waals surface area contributed by atoms with Gasteiger partial charge in [0.15, 0.2) is 24.2 Å². The molecule has 0 saturated carbocycles. The van der Waals surface area contributed by atoms with Crippen LogP contribution in [0.3, 0.4) is 0 Å². The normalized spacial score (nSPS) is 11.4. The average Bonchev–Trinajstić information content (AvgIpc) is 2.73. The molecular weight excluding hydrogens is 398 g/mol. The van der Waals surface area contributed by atoms with Crippen LogP contribution < -0.4 is 14.8 Å². The SMILES string of the molecule is COc1cc(/C=C/C(=O)O[C@H](C)C(=O)Nc2c(F)cccc2F)ccc1OCC#N. The first-order chi connectivity index (χ1) is 14.3. The summed E-state index contributed by atoms with van der Waals surface area (Å²) in [6.45, 7) is 1.12. The highest BCUT2D eigenvalue weighted by molar-refractivity contribution is 5.96. The summed E-state index contributed by atoms with van der Waals surface area (Å²) >= 11 is 0. The molecule has 1 atom stereocenters. The highest BCUT2D eigenvalue weighted by Crippen LogP contribution is 2.28. The van der Waals surface area contributed by atoms with Crippen LogP contribution in [0.4, 0.5) is 14.5 Å². The van der Waals surface area contributed by atoms with E-state index in [0.29, 0.717) is 17.1 Å². The Morgan fingerprint density at radius 2 is 1.90 bits per heavy atom. The third-order valence-corrected chi connectivity index (χ3v) is 3.76. The molecule has 0 unspecified atom stereocenters. The Kier molecular flexibility index (Phi) is 7.88. The third kappa shape index (κ3) is 6.04. The summed E-state index contributed by atoms with van der Waals surface area (Å²) < 4.78 is 42.5. The number of rotatable bonds is 8. The van der Waals surface area contributed by atoms with Gasteiger partial charge in [-0.3, -0.25) is 4.79 Å². The number of carbonyl (C=O) groups is 2. The largest absolute Gasteiger partial charge is 0.493 e. The van der Waals surface area contributed by atoms with E-state index in [9.17, 15) is 18.4 Å². The van der Waals surface area contributed by atoms with Crippen LogP contribution in [0.25, 0.3) is 6.08 Å². The van der Waals surface area contributed by atoms with E-state index < -0.39 is 35.3 Å². The first-order valence-electron chi connectivity index (χ1n) is 8.67. The monoisotopic (exact) mass is 416 g/mol. The molecule has 2 aromatic rings. The molecule has 7 nitrogen and oxygen atoms in total. The second-order valence-corrected chi connectivity index (χ2v) is 5.86. The Balaban J connectivity index is 1.98. The lowest BCUT2D eigenvalue weighted by molar-refractivity contribution is -0.148. The Hall–Kier alpha value is -3.93. The van der Waals surface area contributed by atoms with Gasteiger partial charge in [0.25, 0.3) is 5.91 Å². The van der Waals surface area contributed by atoms with Crippen LogP contribution in [0.15, 0.2) is 42.5 Å². The zero-order valence-electron chi connectivity index (χ0n) is 16.1. The summed E-state index contributed by atoms with van der Waals surface area (Å²) in [7, 11) is 1.43. The lowest BCUT2D eigenvalue weighted by Crippen LogP contribution is -2.30. The lowest BCUT2D eigenvalue weighted by Gasteiger charge is -2.13. The maximum Gasteiger partial charge on any atom is 0.331 e. The topological polar surface area (TPSA) is 97.7 Å². The van der Waals surface area contributed by atoms with E-state index in [1.807, 2.05) is 6.07 Å². The third-order valence-electron chi connectivity index (χ3n) is 3.76. The van der Waals surface area contributed by atoms with E-state index in [1.165, 1.54) is 20.1 Å². The van der Waals surface area contributed by atoms with Crippen molar-refractivity contribution in [1.29, 1.82) is 5.26 Å². The summed E-state index contributed by atoms with van der Waals surface area (Å²) in [5.74, 6) is -2.89. The quantitative estimate of drug-likeness (QED) is 0.523. The van der Waals surface area contributed by atoms with Gasteiger partial charge >= 0.3 is 5.97 Å². The summed E-state index contributed by atoms with van der Waals surface area (Å²) in [5.41, 5.74) is -0.0506. The molecule has 0 aliphatic carbocycles. The number of methoxy groups -OCH3 is 1. The van der Waals surface area contributed by atoms with E-state index in [2.05, 4.69) is 5.32 Å². The summed E-state index contributed by atoms with van der Waals surface area (Å²) in [5, 5.41) is 10.6. The molecule has 2 aromatic carbocycles. The standard InChI is InChI=1S/C21H18F2N2O5/c1-13(21(27)25-20-15(22)4-3-5-16(20)23)30-19(26)9-7-14-6-8-17(29-11-10-24)18(12-14)28-2/h3-9,12-13H,11H2,1-2H3,(H,25,27)/b9-7+/t13-/m1/s1. The van der Waals surface area contributed by atoms with Gasteiger partial charge in [0.1, 0.15) is 23.4 Å². The van der Waals surface area contributed by atoms with Crippen molar-refractivity contribution in [2.24, 2.45) is 0 Å². The minimum atomic E-state index is -1.29. The van der Waals surface area contributed by atoms with Crippen molar-refractivity contribution in [3.8, 4) is 17.6 Å². The lowest BCUT2D eigenvalue weighted by atomic mass is 10.2. The van der Waals surface area contributed by atoms with Gasteiger partial charge in [0.2, 0.25) is 0 Å². The molecule has 0 fully saturated rings. The second kappa shape index (κ2) is 10.6. The Morgan fingerprint density at radius 1 is 1.20 bits per heavy atom. The van der Waals surface area contributed by atoms with Crippen molar-refractivity contribution < 1.29 is 32.6 Å². The summed E-state index contributed by atoms with van der Waals surface area (Å²) in [6, 6.07) is 9.75. The molecule has 1 N–H and O–H groups in total.